The van der Waals surface area contributed by atoms with Gasteiger partial charge in [-0.05, 0) is 44.5 Å². The second-order valence-electron chi connectivity index (χ2n) is 6.67. The van der Waals surface area contributed by atoms with Crippen LogP contribution in [0.4, 0.5) is 8.78 Å². The Morgan fingerprint density at radius 3 is 2.42 bits per heavy atom. The van der Waals surface area contributed by atoms with Crippen molar-refractivity contribution in [1.29, 1.82) is 0 Å². The minimum absolute atomic E-state index is 0.0669. The van der Waals surface area contributed by atoms with E-state index in [1.54, 1.807) is 18.2 Å². The van der Waals surface area contributed by atoms with Crippen LogP contribution >= 0.6 is 0 Å². The van der Waals surface area contributed by atoms with E-state index in [2.05, 4.69) is 4.99 Å². The van der Waals surface area contributed by atoms with Gasteiger partial charge in [0, 0.05) is 17.2 Å². The average Bonchev–Trinajstić information content (AvgIpc) is 2.87. The van der Waals surface area contributed by atoms with Gasteiger partial charge in [0.15, 0.2) is 5.90 Å². The summed E-state index contributed by atoms with van der Waals surface area (Å²) in [5.41, 5.74) is 1.04. The van der Waals surface area contributed by atoms with E-state index in [9.17, 15) is 13.9 Å². The Labute approximate surface area is 139 Å². The zero-order chi connectivity index (χ0) is 17.5. The van der Waals surface area contributed by atoms with E-state index in [1.807, 2.05) is 20.8 Å². The van der Waals surface area contributed by atoms with Gasteiger partial charge in [-0.1, -0.05) is 12.1 Å². The molecule has 1 aliphatic rings. The SMILES string of the molecule is CC(C1=NC(C)(C)CO1)c1ccc(-c2ccc(F)cc2F)c(O)c1. The molecule has 0 aromatic heterocycles. The van der Waals surface area contributed by atoms with Crippen LogP contribution in [-0.4, -0.2) is 23.2 Å². The van der Waals surface area contributed by atoms with Gasteiger partial charge in [-0.3, -0.25) is 0 Å². The minimum Gasteiger partial charge on any atom is -0.507 e. The van der Waals surface area contributed by atoms with Crippen LogP contribution in [-0.2, 0) is 4.74 Å². The van der Waals surface area contributed by atoms with Gasteiger partial charge in [-0.25, -0.2) is 13.8 Å². The first-order valence-electron chi connectivity index (χ1n) is 7.78. The lowest BCUT2D eigenvalue weighted by molar-refractivity contribution is 0.272. The highest BCUT2D eigenvalue weighted by Gasteiger charge is 2.30. The maximum absolute atomic E-state index is 13.9. The molecule has 1 heterocycles. The molecule has 0 fully saturated rings. The number of halogens is 2. The number of aliphatic imine (C=N–C) groups is 1. The Bertz CT molecular complexity index is 815. The van der Waals surface area contributed by atoms with Crippen LogP contribution in [0.5, 0.6) is 5.75 Å². The van der Waals surface area contributed by atoms with Crippen molar-refractivity contribution in [2.24, 2.45) is 4.99 Å². The summed E-state index contributed by atoms with van der Waals surface area (Å²) in [4.78, 5) is 4.54. The standard InChI is InChI=1S/C19H19F2NO2/c1-11(18-22-19(2,3)10-24-18)12-4-6-15(17(23)8-12)14-7-5-13(20)9-16(14)21/h4-9,11,23H,10H2,1-3H3. The van der Waals surface area contributed by atoms with Gasteiger partial charge in [0.1, 0.15) is 24.0 Å². The maximum atomic E-state index is 13.9. The molecule has 1 aliphatic heterocycles. The van der Waals surface area contributed by atoms with Crippen LogP contribution in [0, 0.1) is 11.6 Å². The molecule has 2 aromatic carbocycles. The lowest BCUT2D eigenvalue weighted by Gasteiger charge is -2.14. The van der Waals surface area contributed by atoms with E-state index in [1.165, 1.54) is 6.07 Å². The van der Waals surface area contributed by atoms with Crippen molar-refractivity contribution in [3.8, 4) is 16.9 Å². The van der Waals surface area contributed by atoms with E-state index < -0.39 is 11.6 Å². The van der Waals surface area contributed by atoms with Crippen molar-refractivity contribution in [1.82, 2.24) is 0 Å². The van der Waals surface area contributed by atoms with Gasteiger partial charge < -0.3 is 9.84 Å². The van der Waals surface area contributed by atoms with Crippen molar-refractivity contribution in [2.45, 2.75) is 32.2 Å². The van der Waals surface area contributed by atoms with Crippen LogP contribution < -0.4 is 0 Å². The zero-order valence-corrected chi connectivity index (χ0v) is 13.8. The first kappa shape index (κ1) is 16.4. The number of ether oxygens (including phenoxy) is 1. The van der Waals surface area contributed by atoms with Crippen LogP contribution in [0.1, 0.15) is 32.3 Å². The second kappa shape index (κ2) is 5.89. The van der Waals surface area contributed by atoms with Crippen molar-refractivity contribution in [3.05, 3.63) is 53.6 Å². The fraction of sp³-hybridized carbons (Fsp3) is 0.316. The van der Waals surface area contributed by atoms with E-state index in [-0.39, 0.29) is 22.8 Å². The molecule has 126 valence electrons. The molecule has 24 heavy (non-hydrogen) atoms. The Hall–Kier alpha value is -2.43. The number of benzene rings is 2. The number of phenols is 1. The first-order chi connectivity index (χ1) is 11.3. The van der Waals surface area contributed by atoms with E-state index in [0.717, 1.165) is 17.7 Å². The third-order valence-corrected chi connectivity index (χ3v) is 4.10. The second-order valence-corrected chi connectivity index (χ2v) is 6.67. The van der Waals surface area contributed by atoms with Crippen molar-refractivity contribution in [2.75, 3.05) is 6.61 Å². The van der Waals surface area contributed by atoms with Crippen LogP contribution in [0.2, 0.25) is 0 Å². The summed E-state index contributed by atoms with van der Waals surface area (Å²) in [7, 11) is 0. The molecule has 3 rings (SSSR count). The summed E-state index contributed by atoms with van der Waals surface area (Å²) in [6.07, 6.45) is 0. The summed E-state index contributed by atoms with van der Waals surface area (Å²) in [5.74, 6) is -0.927. The van der Waals surface area contributed by atoms with Gasteiger partial charge in [-0.15, -0.1) is 0 Å². The zero-order valence-electron chi connectivity index (χ0n) is 13.8. The van der Waals surface area contributed by atoms with Gasteiger partial charge in [0.25, 0.3) is 0 Å². The Kier molecular flexibility index (Phi) is 4.03. The van der Waals surface area contributed by atoms with E-state index in [0.29, 0.717) is 18.1 Å². The molecule has 0 bridgehead atoms. The lowest BCUT2D eigenvalue weighted by Crippen LogP contribution is -2.17. The number of hydrogen-bond donors (Lipinski definition) is 1. The molecular weight excluding hydrogens is 312 g/mol. The molecule has 3 nitrogen and oxygen atoms in total. The Balaban J connectivity index is 1.93. The van der Waals surface area contributed by atoms with Crippen molar-refractivity contribution >= 4 is 5.90 Å². The van der Waals surface area contributed by atoms with E-state index >= 15 is 0 Å². The van der Waals surface area contributed by atoms with Crippen LogP contribution in [0.15, 0.2) is 41.4 Å². The molecule has 0 saturated heterocycles. The number of rotatable bonds is 3. The molecule has 1 unspecified atom stereocenters. The average molecular weight is 331 g/mol. The fourth-order valence-corrected chi connectivity index (χ4v) is 2.73. The maximum Gasteiger partial charge on any atom is 0.191 e. The number of nitrogens with zero attached hydrogens (tertiary/aromatic N) is 1. The van der Waals surface area contributed by atoms with Gasteiger partial charge in [-0.2, -0.15) is 0 Å². The Morgan fingerprint density at radius 2 is 1.83 bits per heavy atom. The normalized spacial score (nSPS) is 17.3. The molecule has 0 radical (unpaired) electrons. The molecule has 5 heteroatoms. The third-order valence-electron chi connectivity index (χ3n) is 4.10. The summed E-state index contributed by atoms with van der Waals surface area (Å²) < 4.78 is 32.6. The predicted molar refractivity (Wildman–Crippen MR) is 89.3 cm³/mol. The highest BCUT2D eigenvalue weighted by Crippen LogP contribution is 2.35. The largest absolute Gasteiger partial charge is 0.507 e. The molecule has 1 N–H and O–H groups in total. The smallest absolute Gasteiger partial charge is 0.191 e. The molecule has 2 aromatic rings. The summed E-state index contributed by atoms with van der Waals surface area (Å²) >= 11 is 0. The first-order valence-corrected chi connectivity index (χ1v) is 7.78. The summed E-state index contributed by atoms with van der Waals surface area (Å²) in [6, 6.07) is 8.26. The molecule has 0 aliphatic carbocycles. The third kappa shape index (κ3) is 3.11. The molecule has 0 amide bonds. The fourth-order valence-electron chi connectivity index (χ4n) is 2.73. The van der Waals surface area contributed by atoms with Crippen molar-refractivity contribution < 1.29 is 18.6 Å². The summed E-state index contributed by atoms with van der Waals surface area (Å²) in [6.45, 7) is 6.44. The highest BCUT2D eigenvalue weighted by atomic mass is 19.1. The van der Waals surface area contributed by atoms with Gasteiger partial charge in [0.05, 0.1) is 11.5 Å². The topological polar surface area (TPSA) is 41.8 Å². The minimum atomic E-state index is -0.712. The molecule has 0 spiro atoms. The van der Waals surface area contributed by atoms with Crippen LogP contribution in [0.25, 0.3) is 11.1 Å². The van der Waals surface area contributed by atoms with Gasteiger partial charge >= 0.3 is 0 Å². The Morgan fingerprint density at radius 1 is 1.12 bits per heavy atom. The number of phenolic OH excluding ortho intramolecular Hbond substituents is 1. The van der Waals surface area contributed by atoms with Crippen LogP contribution in [0.3, 0.4) is 0 Å². The predicted octanol–water partition coefficient (Wildman–Crippen LogP) is 4.65. The van der Waals surface area contributed by atoms with E-state index in [4.69, 9.17) is 4.74 Å². The summed E-state index contributed by atoms with van der Waals surface area (Å²) in [5, 5.41) is 10.3. The highest BCUT2D eigenvalue weighted by molar-refractivity contribution is 5.85. The number of hydrogen-bond acceptors (Lipinski definition) is 3. The molecular formula is C19H19F2NO2. The molecule has 1 atom stereocenters. The van der Waals surface area contributed by atoms with Crippen molar-refractivity contribution in [3.63, 3.8) is 0 Å². The van der Waals surface area contributed by atoms with Gasteiger partial charge in [0.2, 0.25) is 0 Å². The monoisotopic (exact) mass is 331 g/mol. The molecule has 0 saturated carbocycles. The quantitative estimate of drug-likeness (QED) is 0.889. The number of aromatic hydroxyl groups is 1. The lowest BCUT2D eigenvalue weighted by atomic mass is 9.96.